The molecule has 0 spiro atoms. The monoisotopic (exact) mass is 552 g/mol. The van der Waals surface area contributed by atoms with Crippen LogP contribution in [0.1, 0.15) is 77.9 Å². The molecular weight excluding hydrogens is 516 g/mol. The summed E-state index contributed by atoms with van der Waals surface area (Å²) in [6.45, 7) is 1.72. The first kappa shape index (κ1) is 29.0. The van der Waals surface area contributed by atoms with E-state index in [2.05, 4.69) is 15.2 Å². The fourth-order valence-corrected chi connectivity index (χ4v) is 5.37. The Hall–Kier alpha value is -3.02. The number of rotatable bonds is 10. The van der Waals surface area contributed by atoms with Crippen molar-refractivity contribution >= 4 is 11.8 Å². The lowest BCUT2D eigenvalue weighted by atomic mass is 9.99. The topological polar surface area (TPSA) is 83.4 Å². The maximum absolute atomic E-state index is 13.5. The molecule has 2 aliphatic rings. The number of amides is 2. The van der Waals surface area contributed by atoms with Crippen molar-refractivity contribution in [2.45, 2.75) is 70.0 Å². The minimum absolute atomic E-state index is 0.0699. The molecule has 2 amide bonds. The Labute approximate surface area is 225 Å². The highest BCUT2D eigenvalue weighted by atomic mass is 19.4. The molecule has 3 heterocycles. The van der Waals surface area contributed by atoms with E-state index < -0.39 is 25.3 Å². The smallest absolute Gasteiger partial charge is 0.343 e. The zero-order chi connectivity index (χ0) is 27.8. The van der Waals surface area contributed by atoms with Gasteiger partial charge >= 0.3 is 6.18 Å². The van der Waals surface area contributed by atoms with Gasteiger partial charge in [0.1, 0.15) is 6.54 Å². The second-order valence-corrected chi connectivity index (χ2v) is 10.3. The molecule has 0 radical (unpaired) electrons. The van der Waals surface area contributed by atoms with Crippen LogP contribution >= 0.6 is 0 Å². The van der Waals surface area contributed by atoms with Crippen LogP contribution < -0.4 is 5.32 Å². The lowest BCUT2D eigenvalue weighted by Gasteiger charge is -2.40. The first-order valence-electron chi connectivity index (χ1n) is 13.8. The number of hydrogen-bond donors (Lipinski definition) is 1. The Balaban J connectivity index is 1.47. The fraction of sp³-hybridized carbons (Fsp3) is 0.630. The van der Waals surface area contributed by atoms with Gasteiger partial charge in [0.25, 0.3) is 11.8 Å². The summed E-state index contributed by atoms with van der Waals surface area (Å²) >= 11 is 0. The van der Waals surface area contributed by atoms with E-state index in [1.165, 1.54) is 36.1 Å². The molecule has 0 saturated carbocycles. The van der Waals surface area contributed by atoms with Crippen LogP contribution in [0.4, 0.5) is 17.6 Å². The lowest BCUT2D eigenvalue weighted by molar-refractivity contribution is -0.123. The molecule has 1 aromatic heterocycles. The van der Waals surface area contributed by atoms with Gasteiger partial charge in [-0.15, -0.1) is 5.10 Å². The van der Waals surface area contributed by atoms with Crippen LogP contribution in [-0.4, -0.2) is 88.2 Å². The number of alkyl halides is 4. The molecule has 0 atom stereocenters. The average molecular weight is 553 g/mol. The van der Waals surface area contributed by atoms with Gasteiger partial charge < -0.3 is 15.1 Å². The molecule has 2 aliphatic heterocycles. The van der Waals surface area contributed by atoms with E-state index >= 15 is 0 Å². The highest BCUT2D eigenvalue weighted by Crippen LogP contribution is 2.24. The largest absolute Gasteiger partial charge is 0.405 e. The number of halogens is 4. The highest BCUT2D eigenvalue weighted by Gasteiger charge is 2.31. The van der Waals surface area contributed by atoms with Crippen LogP contribution in [0, 0.1) is 0 Å². The maximum Gasteiger partial charge on any atom is 0.405 e. The van der Waals surface area contributed by atoms with Gasteiger partial charge in [0.15, 0.2) is 5.69 Å². The summed E-state index contributed by atoms with van der Waals surface area (Å²) in [5.41, 5.74) is 1.46. The van der Waals surface area contributed by atoms with Crippen LogP contribution in [0.5, 0.6) is 0 Å². The summed E-state index contributed by atoms with van der Waals surface area (Å²) in [5, 5.41) is 10.3. The first-order chi connectivity index (χ1) is 18.8. The van der Waals surface area contributed by atoms with Gasteiger partial charge in [0.05, 0.1) is 18.1 Å². The predicted octanol–water partition coefficient (Wildman–Crippen LogP) is 4.33. The van der Waals surface area contributed by atoms with Gasteiger partial charge in [-0.25, -0.2) is 4.68 Å². The van der Waals surface area contributed by atoms with Crippen molar-refractivity contribution in [2.24, 2.45) is 0 Å². The summed E-state index contributed by atoms with van der Waals surface area (Å²) in [4.78, 5) is 30.0. The van der Waals surface area contributed by atoms with E-state index in [1.54, 1.807) is 12.1 Å². The molecule has 0 bridgehead atoms. The SMILES string of the molecule is O=C(NCC(F)(F)F)c1ccc(-n2nnc(C(=O)N3CCC(N4CCCCC4)CC3)c2CCCCCF)cc1. The zero-order valence-electron chi connectivity index (χ0n) is 22.1. The number of benzene rings is 1. The molecule has 8 nitrogen and oxygen atoms in total. The van der Waals surface area contributed by atoms with Crippen molar-refractivity contribution in [3.63, 3.8) is 0 Å². The third kappa shape index (κ3) is 7.77. The summed E-state index contributed by atoms with van der Waals surface area (Å²) in [7, 11) is 0. The zero-order valence-corrected chi connectivity index (χ0v) is 22.1. The van der Waals surface area contributed by atoms with Gasteiger partial charge in [0, 0.05) is 24.7 Å². The fourth-order valence-electron chi connectivity index (χ4n) is 5.37. The molecule has 12 heteroatoms. The Morgan fingerprint density at radius 2 is 1.64 bits per heavy atom. The third-order valence-electron chi connectivity index (χ3n) is 7.50. The van der Waals surface area contributed by atoms with Crippen LogP contribution in [0.25, 0.3) is 5.69 Å². The van der Waals surface area contributed by atoms with Crippen LogP contribution in [0.15, 0.2) is 24.3 Å². The summed E-state index contributed by atoms with van der Waals surface area (Å²) in [5.74, 6) is -1.02. The van der Waals surface area contributed by atoms with Crippen molar-refractivity contribution in [2.75, 3.05) is 39.4 Å². The molecule has 0 aliphatic carbocycles. The number of aromatic nitrogens is 3. The van der Waals surface area contributed by atoms with Crippen molar-refractivity contribution in [3.05, 3.63) is 41.2 Å². The Morgan fingerprint density at radius 3 is 2.28 bits per heavy atom. The van der Waals surface area contributed by atoms with Crippen LogP contribution in [0.3, 0.4) is 0 Å². The average Bonchev–Trinajstić information content (AvgIpc) is 3.37. The Kier molecular flexibility index (Phi) is 9.93. The molecule has 1 aromatic carbocycles. The van der Waals surface area contributed by atoms with Crippen LogP contribution in [0.2, 0.25) is 0 Å². The molecule has 0 unspecified atom stereocenters. The standard InChI is InChI=1S/C27H36F4N6O2/c28-14-4-1-3-7-23-24(26(39)36-17-12-21(13-18-36)35-15-5-2-6-16-35)33-34-37(23)22-10-8-20(9-11-22)25(38)32-19-27(29,30)31/h8-11,21H,1-7,12-19H2,(H,32,38). The van der Waals surface area contributed by atoms with E-state index in [-0.39, 0.29) is 17.2 Å². The molecule has 39 heavy (non-hydrogen) atoms. The number of nitrogens with one attached hydrogen (secondary N) is 1. The Morgan fingerprint density at radius 1 is 0.949 bits per heavy atom. The Bertz CT molecular complexity index is 1090. The van der Waals surface area contributed by atoms with Crippen molar-refractivity contribution < 1.29 is 27.2 Å². The minimum atomic E-state index is -4.50. The molecule has 214 valence electrons. The normalized spacial score (nSPS) is 17.4. The third-order valence-corrected chi connectivity index (χ3v) is 7.50. The van der Waals surface area contributed by atoms with Crippen LogP contribution in [-0.2, 0) is 6.42 Å². The molecule has 2 fully saturated rings. The second kappa shape index (κ2) is 13.4. The summed E-state index contributed by atoms with van der Waals surface area (Å²) < 4.78 is 51.5. The highest BCUT2D eigenvalue weighted by molar-refractivity contribution is 5.94. The van der Waals surface area contributed by atoms with Crippen molar-refractivity contribution in [1.29, 1.82) is 0 Å². The first-order valence-corrected chi connectivity index (χ1v) is 13.8. The van der Waals surface area contributed by atoms with Gasteiger partial charge in [-0.05, 0) is 82.3 Å². The molecule has 2 saturated heterocycles. The molecule has 4 rings (SSSR count). The predicted molar refractivity (Wildman–Crippen MR) is 138 cm³/mol. The minimum Gasteiger partial charge on any atom is -0.343 e. The van der Waals surface area contributed by atoms with E-state index in [0.717, 1.165) is 25.9 Å². The number of piperidine rings is 2. The van der Waals surface area contributed by atoms with E-state index in [9.17, 15) is 27.2 Å². The molecule has 1 N–H and O–H groups in total. The molecule has 2 aromatic rings. The molecular formula is C27H36F4N6O2. The number of hydrogen-bond acceptors (Lipinski definition) is 5. The maximum atomic E-state index is 13.5. The van der Waals surface area contributed by atoms with E-state index in [1.807, 2.05) is 10.2 Å². The van der Waals surface area contributed by atoms with E-state index in [0.29, 0.717) is 56.2 Å². The van der Waals surface area contributed by atoms with Gasteiger partial charge in [-0.3, -0.25) is 14.0 Å². The summed E-state index contributed by atoms with van der Waals surface area (Å²) in [6, 6.07) is 6.42. The number of likely N-dealkylation sites (tertiary alicyclic amines) is 2. The van der Waals surface area contributed by atoms with Gasteiger partial charge in [0.2, 0.25) is 0 Å². The van der Waals surface area contributed by atoms with E-state index in [4.69, 9.17) is 0 Å². The number of nitrogens with zero attached hydrogens (tertiary/aromatic N) is 5. The summed E-state index contributed by atoms with van der Waals surface area (Å²) in [6.07, 6.45) is 3.27. The number of unbranched alkanes of at least 4 members (excludes halogenated alkanes) is 2. The number of carbonyl (C=O) groups is 2. The lowest BCUT2D eigenvalue weighted by Crippen LogP contribution is -2.48. The van der Waals surface area contributed by atoms with Crippen molar-refractivity contribution in [1.82, 2.24) is 30.1 Å². The van der Waals surface area contributed by atoms with Gasteiger partial charge in [-0.1, -0.05) is 18.1 Å². The van der Waals surface area contributed by atoms with Crippen molar-refractivity contribution in [3.8, 4) is 5.69 Å². The van der Waals surface area contributed by atoms with Gasteiger partial charge in [-0.2, -0.15) is 13.2 Å². The number of carbonyl (C=O) groups excluding carboxylic acids is 2. The second-order valence-electron chi connectivity index (χ2n) is 10.3. The quantitative estimate of drug-likeness (QED) is 0.351.